The third-order valence-electron chi connectivity index (χ3n) is 2.33. The Labute approximate surface area is 127 Å². The van der Waals surface area contributed by atoms with E-state index in [0.717, 1.165) is 6.20 Å². The molecule has 0 aromatic carbocycles. The van der Waals surface area contributed by atoms with Crippen molar-refractivity contribution in [2.75, 3.05) is 13.2 Å². The van der Waals surface area contributed by atoms with Crippen molar-refractivity contribution in [3.05, 3.63) is 35.9 Å². The van der Waals surface area contributed by atoms with E-state index in [2.05, 4.69) is 10.1 Å². The average Bonchev–Trinajstić information content (AvgIpc) is 2.97. The number of hydrogen-bond donors (Lipinski definition) is 2. The summed E-state index contributed by atoms with van der Waals surface area (Å²) < 4.78 is 14.4. The highest BCUT2D eigenvalue weighted by atomic mass is 16.5. The van der Waals surface area contributed by atoms with E-state index in [0.29, 0.717) is 5.76 Å². The van der Waals surface area contributed by atoms with Gasteiger partial charge >= 0.3 is 12.1 Å². The number of furan rings is 1. The molecule has 0 fully saturated rings. The fraction of sp³-hybridized carbons (Fsp3) is 0.357. The molecule has 0 aliphatic heterocycles. The van der Waals surface area contributed by atoms with Gasteiger partial charge in [-0.1, -0.05) is 0 Å². The molecule has 0 saturated carbocycles. The topological polar surface area (TPSA) is 107 Å². The summed E-state index contributed by atoms with van der Waals surface area (Å²) in [4.78, 5) is 34.9. The molecule has 0 spiro atoms. The molecule has 1 heterocycles. The molecule has 1 aromatic heterocycles. The summed E-state index contributed by atoms with van der Waals surface area (Å²) in [6, 6.07) is 3.43. The summed E-state index contributed by atoms with van der Waals surface area (Å²) in [5.41, 5.74) is -0.346. The Morgan fingerprint density at radius 3 is 2.55 bits per heavy atom. The van der Waals surface area contributed by atoms with Gasteiger partial charge in [0.25, 0.3) is 5.91 Å². The van der Waals surface area contributed by atoms with Crippen LogP contribution in [0.5, 0.6) is 0 Å². The van der Waals surface area contributed by atoms with Crippen LogP contribution in [-0.2, 0) is 25.6 Å². The highest BCUT2D eigenvalue weighted by Crippen LogP contribution is 2.01. The van der Waals surface area contributed by atoms with Crippen LogP contribution in [0.1, 0.15) is 19.6 Å². The van der Waals surface area contributed by atoms with Crippen molar-refractivity contribution in [2.24, 2.45) is 0 Å². The van der Waals surface area contributed by atoms with Crippen LogP contribution in [0.2, 0.25) is 0 Å². The van der Waals surface area contributed by atoms with Crippen LogP contribution < -0.4 is 10.6 Å². The van der Waals surface area contributed by atoms with Gasteiger partial charge in [-0.2, -0.15) is 0 Å². The van der Waals surface area contributed by atoms with E-state index in [1.807, 2.05) is 5.32 Å². The Kier molecular flexibility index (Phi) is 7.24. The second kappa shape index (κ2) is 9.22. The zero-order valence-electron chi connectivity index (χ0n) is 12.4. The molecular weight excluding hydrogens is 292 g/mol. The van der Waals surface area contributed by atoms with E-state index >= 15 is 0 Å². The third-order valence-corrected chi connectivity index (χ3v) is 2.33. The maximum absolute atomic E-state index is 11.9. The number of carbonyl (C=O) groups is 3. The van der Waals surface area contributed by atoms with Crippen molar-refractivity contribution in [3.63, 3.8) is 0 Å². The summed E-state index contributed by atoms with van der Waals surface area (Å²) in [5.74, 6) is -1.15. The summed E-state index contributed by atoms with van der Waals surface area (Å²) in [6.07, 6.45) is 1.73. The molecule has 22 heavy (non-hydrogen) atoms. The fourth-order valence-corrected chi connectivity index (χ4v) is 1.42. The van der Waals surface area contributed by atoms with E-state index < -0.39 is 18.0 Å². The lowest BCUT2D eigenvalue weighted by molar-refractivity contribution is -0.140. The van der Waals surface area contributed by atoms with Gasteiger partial charge < -0.3 is 19.2 Å². The Bertz CT molecular complexity index is 536. The van der Waals surface area contributed by atoms with Gasteiger partial charge in [-0.3, -0.25) is 10.1 Å². The first-order valence-electron chi connectivity index (χ1n) is 6.69. The second-order valence-corrected chi connectivity index (χ2v) is 3.91. The third kappa shape index (κ3) is 5.70. The minimum absolute atomic E-state index is 0.0983. The Morgan fingerprint density at radius 1 is 1.23 bits per heavy atom. The van der Waals surface area contributed by atoms with Crippen LogP contribution in [0.25, 0.3) is 0 Å². The zero-order valence-corrected chi connectivity index (χ0v) is 12.4. The smallest absolute Gasteiger partial charge is 0.414 e. The number of imide groups is 1. The molecule has 8 nitrogen and oxygen atoms in total. The second-order valence-electron chi connectivity index (χ2n) is 3.91. The predicted octanol–water partition coefficient (Wildman–Crippen LogP) is 1.09. The fourth-order valence-electron chi connectivity index (χ4n) is 1.42. The van der Waals surface area contributed by atoms with Crippen molar-refractivity contribution in [1.82, 2.24) is 10.6 Å². The molecule has 0 atom stereocenters. The van der Waals surface area contributed by atoms with Crippen molar-refractivity contribution >= 4 is 18.0 Å². The van der Waals surface area contributed by atoms with Crippen LogP contribution in [0.15, 0.2) is 34.6 Å². The maximum Gasteiger partial charge on any atom is 0.414 e. The van der Waals surface area contributed by atoms with Crippen LogP contribution in [0.4, 0.5) is 4.79 Å². The maximum atomic E-state index is 11.9. The lowest BCUT2D eigenvalue weighted by Crippen LogP contribution is -2.35. The minimum atomic E-state index is -0.936. The van der Waals surface area contributed by atoms with Crippen LogP contribution in [-0.4, -0.2) is 31.2 Å². The molecule has 120 valence electrons. The zero-order chi connectivity index (χ0) is 16.4. The Morgan fingerprint density at radius 2 is 1.95 bits per heavy atom. The highest BCUT2D eigenvalue weighted by molar-refractivity contribution is 6.19. The lowest BCUT2D eigenvalue weighted by atomic mass is 10.2. The molecule has 0 aliphatic carbocycles. The SMILES string of the molecule is CCOC(=O)NC(=O)C(=CNCc1ccco1)C(=O)OCC. The number of carbonyl (C=O) groups excluding carboxylic acids is 3. The summed E-state index contributed by atoms with van der Waals surface area (Å²) in [6.45, 7) is 3.67. The van der Waals surface area contributed by atoms with Gasteiger partial charge in [0.15, 0.2) is 0 Å². The molecule has 1 rings (SSSR count). The Hall–Kier alpha value is -2.77. The van der Waals surface area contributed by atoms with Crippen LogP contribution in [0.3, 0.4) is 0 Å². The van der Waals surface area contributed by atoms with Gasteiger partial charge in [-0.25, -0.2) is 9.59 Å². The van der Waals surface area contributed by atoms with E-state index in [1.54, 1.807) is 26.0 Å². The highest BCUT2D eigenvalue weighted by Gasteiger charge is 2.22. The van der Waals surface area contributed by atoms with Gasteiger partial charge in [-0.05, 0) is 26.0 Å². The average molecular weight is 310 g/mol. The normalized spacial score (nSPS) is 10.7. The number of amides is 2. The monoisotopic (exact) mass is 310 g/mol. The molecule has 0 bridgehead atoms. The summed E-state index contributed by atoms with van der Waals surface area (Å²) >= 11 is 0. The van der Waals surface area contributed by atoms with Crippen molar-refractivity contribution < 1.29 is 28.3 Å². The van der Waals surface area contributed by atoms with Gasteiger partial charge in [-0.15, -0.1) is 0 Å². The first-order valence-corrected chi connectivity index (χ1v) is 6.69. The van der Waals surface area contributed by atoms with Gasteiger partial charge in [0.2, 0.25) is 0 Å². The number of alkyl carbamates (subject to hydrolysis) is 1. The minimum Gasteiger partial charge on any atom is -0.467 e. The number of nitrogens with one attached hydrogen (secondary N) is 2. The summed E-state index contributed by atoms with van der Waals surface area (Å²) in [7, 11) is 0. The van der Waals surface area contributed by atoms with E-state index in [1.165, 1.54) is 6.26 Å². The van der Waals surface area contributed by atoms with Crippen LogP contribution in [0, 0.1) is 0 Å². The molecule has 0 aliphatic rings. The van der Waals surface area contributed by atoms with E-state index in [4.69, 9.17) is 9.15 Å². The number of rotatable bonds is 7. The standard InChI is InChI=1S/C14H18N2O6/c1-3-20-13(18)11(12(17)16-14(19)21-4-2)9-15-8-10-6-5-7-22-10/h5-7,9,15H,3-4,8H2,1-2H3,(H,16,17,19). The first kappa shape index (κ1) is 17.3. The first-order chi connectivity index (χ1) is 10.6. The predicted molar refractivity (Wildman–Crippen MR) is 75.4 cm³/mol. The van der Waals surface area contributed by atoms with Crippen LogP contribution >= 0.6 is 0 Å². The van der Waals surface area contributed by atoms with Gasteiger partial charge in [0.05, 0.1) is 26.0 Å². The Balaban J connectivity index is 2.71. The molecule has 0 unspecified atom stereocenters. The molecule has 0 radical (unpaired) electrons. The summed E-state index contributed by atoms with van der Waals surface area (Å²) in [5, 5.41) is 4.68. The van der Waals surface area contributed by atoms with E-state index in [9.17, 15) is 14.4 Å². The van der Waals surface area contributed by atoms with Crippen molar-refractivity contribution in [2.45, 2.75) is 20.4 Å². The molecule has 2 N–H and O–H groups in total. The quantitative estimate of drug-likeness (QED) is 0.336. The molecule has 8 heteroatoms. The van der Waals surface area contributed by atoms with Gasteiger partial charge in [0, 0.05) is 6.20 Å². The largest absolute Gasteiger partial charge is 0.467 e. The van der Waals surface area contributed by atoms with Crippen molar-refractivity contribution in [3.8, 4) is 0 Å². The molecule has 1 aromatic rings. The molecule has 2 amide bonds. The van der Waals surface area contributed by atoms with Crippen molar-refractivity contribution in [1.29, 1.82) is 0 Å². The molecule has 0 saturated heterocycles. The number of ether oxygens (including phenoxy) is 2. The van der Waals surface area contributed by atoms with E-state index in [-0.39, 0.29) is 25.3 Å². The number of esters is 1. The lowest BCUT2D eigenvalue weighted by Gasteiger charge is -2.08. The number of hydrogen-bond acceptors (Lipinski definition) is 7. The van der Waals surface area contributed by atoms with Gasteiger partial charge in [0.1, 0.15) is 11.3 Å². The molecular formula is C14H18N2O6.